The average Bonchev–Trinajstić information content (AvgIpc) is 2.72. The van der Waals surface area contributed by atoms with E-state index in [4.69, 9.17) is 14.2 Å². The van der Waals surface area contributed by atoms with Gasteiger partial charge in [0.2, 0.25) is 0 Å². The van der Waals surface area contributed by atoms with Crippen LogP contribution in [0.5, 0.6) is 11.5 Å². The second-order valence-corrected chi connectivity index (χ2v) is 6.51. The molecule has 0 aliphatic carbocycles. The number of carbonyl (C=O) groups is 2. The highest BCUT2D eigenvalue weighted by Gasteiger charge is 2.09. The molecule has 6 nitrogen and oxygen atoms in total. The van der Waals surface area contributed by atoms with Crippen LogP contribution >= 0.6 is 0 Å². The smallest absolute Gasteiger partial charge is 0.331 e. The Balaban J connectivity index is 1.90. The molecular formula is C23H27NO5. The van der Waals surface area contributed by atoms with E-state index in [2.05, 4.69) is 5.32 Å². The Bertz CT molecular complexity index is 869. The number of para-hydroxylation sites is 1. The zero-order chi connectivity index (χ0) is 21.2. The first-order valence-corrected chi connectivity index (χ1v) is 9.46. The summed E-state index contributed by atoms with van der Waals surface area (Å²) in [5.74, 6) is 0.245. The molecule has 0 spiro atoms. The van der Waals surface area contributed by atoms with Crippen molar-refractivity contribution in [3.63, 3.8) is 0 Å². The maximum absolute atomic E-state index is 12.1. The van der Waals surface area contributed by atoms with Crippen molar-refractivity contribution in [2.24, 2.45) is 0 Å². The summed E-state index contributed by atoms with van der Waals surface area (Å²) >= 11 is 0. The minimum absolute atomic E-state index is 0.357. The molecule has 0 saturated carbocycles. The highest BCUT2D eigenvalue weighted by molar-refractivity contribution is 5.95. The van der Waals surface area contributed by atoms with Gasteiger partial charge in [0.25, 0.3) is 5.91 Å². The molecular weight excluding hydrogens is 370 g/mol. The molecule has 29 heavy (non-hydrogen) atoms. The fraction of sp³-hybridized carbons (Fsp3) is 0.304. The predicted octanol–water partition coefficient (Wildman–Crippen LogP) is 4.30. The highest BCUT2D eigenvalue weighted by Crippen LogP contribution is 2.28. The molecule has 2 aromatic carbocycles. The number of amides is 1. The van der Waals surface area contributed by atoms with E-state index in [9.17, 15) is 9.59 Å². The number of hydrogen-bond donors (Lipinski definition) is 1. The van der Waals surface area contributed by atoms with Crippen LogP contribution in [0.15, 0.2) is 42.5 Å². The summed E-state index contributed by atoms with van der Waals surface area (Å²) in [5, 5.41) is 2.77. The lowest BCUT2D eigenvalue weighted by atomic mass is 10.1. The molecule has 0 aromatic heterocycles. The van der Waals surface area contributed by atoms with Crippen LogP contribution in [-0.4, -0.2) is 32.2 Å². The summed E-state index contributed by atoms with van der Waals surface area (Å²) in [4.78, 5) is 24.0. The van der Waals surface area contributed by atoms with Crippen LogP contribution in [0, 0.1) is 13.8 Å². The van der Waals surface area contributed by atoms with E-state index in [0.29, 0.717) is 18.1 Å². The second kappa shape index (κ2) is 10.9. The zero-order valence-electron chi connectivity index (χ0n) is 17.3. The van der Waals surface area contributed by atoms with Gasteiger partial charge in [0.05, 0.1) is 13.7 Å². The Kier molecular flexibility index (Phi) is 8.27. The van der Waals surface area contributed by atoms with Gasteiger partial charge in [-0.3, -0.25) is 4.79 Å². The molecule has 0 bridgehead atoms. The van der Waals surface area contributed by atoms with Crippen LogP contribution in [0.4, 0.5) is 5.69 Å². The number of methoxy groups -OCH3 is 1. The van der Waals surface area contributed by atoms with Gasteiger partial charge in [-0.2, -0.15) is 0 Å². The molecule has 0 heterocycles. The van der Waals surface area contributed by atoms with Crippen molar-refractivity contribution in [2.45, 2.75) is 27.2 Å². The number of ether oxygens (including phenoxy) is 3. The lowest BCUT2D eigenvalue weighted by molar-refractivity contribution is -0.142. The van der Waals surface area contributed by atoms with Crippen LogP contribution in [0.3, 0.4) is 0 Å². The maximum atomic E-state index is 12.1. The molecule has 0 radical (unpaired) electrons. The number of hydrogen-bond acceptors (Lipinski definition) is 5. The summed E-state index contributed by atoms with van der Waals surface area (Å²) < 4.78 is 15.9. The van der Waals surface area contributed by atoms with Crippen molar-refractivity contribution in [2.75, 3.05) is 25.6 Å². The van der Waals surface area contributed by atoms with Gasteiger partial charge in [-0.05, 0) is 55.2 Å². The fourth-order valence-corrected chi connectivity index (χ4v) is 2.66. The van der Waals surface area contributed by atoms with Gasteiger partial charge < -0.3 is 19.5 Å². The number of esters is 1. The van der Waals surface area contributed by atoms with Crippen molar-refractivity contribution < 1.29 is 23.8 Å². The third-order valence-electron chi connectivity index (χ3n) is 4.15. The van der Waals surface area contributed by atoms with E-state index in [-0.39, 0.29) is 12.5 Å². The van der Waals surface area contributed by atoms with Crippen LogP contribution in [0.25, 0.3) is 6.08 Å². The Hall–Kier alpha value is -3.28. The van der Waals surface area contributed by atoms with E-state index < -0.39 is 5.97 Å². The zero-order valence-corrected chi connectivity index (χ0v) is 17.3. The van der Waals surface area contributed by atoms with E-state index >= 15 is 0 Å². The summed E-state index contributed by atoms with van der Waals surface area (Å²) in [5.41, 5.74) is 3.39. The molecule has 0 aliphatic rings. The number of aryl methyl sites for hydroxylation is 2. The van der Waals surface area contributed by atoms with Crippen LogP contribution in [0.1, 0.15) is 30.0 Å². The Labute approximate surface area is 171 Å². The number of benzene rings is 2. The van der Waals surface area contributed by atoms with Gasteiger partial charge >= 0.3 is 5.97 Å². The monoisotopic (exact) mass is 397 g/mol. The van der Waals surface area contributed by atoms with E-state index in [1.807, 2.05) is 45.0 Å². The van der Waals surface area contributed by atoms with Gasteiger partial charge in [0, 0.05) is 11.8 Å². The van der Waals surface area contributed by atoms with Crippen molar-refractivity contribution in [3.8, 4) is 11.5 Å². The predicted molar refractivity (Wildman–Crippen MR) is 113 cm³/mol. The molecule has 0 aliphatic heterocycles. The Morgan fingerprint density at radius 1 is 1.07 bits per heavy atom. The fourth-order valence-electron chi connectivity index (χ4n) is 2.66. The van der Waals surface area contributed by atoms with Gasteiger partial charge in [-0.1, -0.05) is 31.2 Å². The quantitative estimate of drug-likeness (QED) is 0.505. The third-order valence-corrected chi connectivity index (χ3v) is 4.15. The lowest BCUT2D eigenvalue weighted by Crippen LogP contribution is -2.21. The first-order valence-electron chi connectivity index (χ1n) is 9.46. The lowest BCUT2D eigenvalue weighted by Gasteiger charge is -2.11. The molecule has 1 N–H and O–H groups in total. The minimum Gasteiger partial charge on any atom is -0.493 e. The van der Waals surface area contributed by atoms with Crippen molar-refractivity contribution in [1.82, 2.24) is 0 Å². The molecule has 2 aromatic rings. The Morgan fingerprint density at radius 2 is 1.79 bits per heavy atom. The summed E-state index contributed by atoms with van der Waals surface area (Å²) in [6, 6.07) is 11.1. The molecule has 0 saturated heterocycles. The van der Waals surface area contributed by atoms with Crippen molar-refractivity contribution in [3.05, 3.63) is 59.2 Å². The Morgan fingerprint density at radius 3 is 2.45 bits per heavy atom. The normalized spacial score (nSPS) is 10.6. The van der Waals surface area contributed by atoms with Crippen LogP contribution < -0.4 is 14.8 Å². The van der Waals surface area contributed by atoms with Gasteiger partial charge in [0.15, 0.2) is 18.1 Å². The topological polar surface area (TPSA) is 73.9 Å². The number of nitrogens with one attached hydrogen (secondary N) is 1. The average molecular weight is 397 g/mol. The maximum Gasteiger partial charge on any atom is 0.331 e. The van der Waals surface area contributed by atoms with Crippen molar-refractivity contribution >= 4 is 23.6 Å². The van der Waals surface area contributed by atoms with E-state index in [1.54, 1.807) is 25.3 Å². The molecule has 2 rings (SSSR count). The van der Waals surface area contributed by atoms with Gasteiger partial charge in [-0.15, -0.1) is 0 Å². The van der Waals surface area contributed by atoms with E-state index in [0.717, 1.165) is 28.8 Å². The van der Waals surface area contributed by atoms with Crippen molar-refractivity contribution in [1.29, 1.82) is 0 Å². The van der Waals surface area contributed by atoms with Crippen LogP contribution in [-0.2, 0) is 14.3 Å². The molecule has 154 valence electrons. The van der Waals surface area contributed by atoms with Gasteiger partial charge in [-0.25, -0.2) is 4.79 Å². The number of anilines is 1. The summed E-state index contributed by atoms with van der Waals surface area (Å²) in [6.45, 7) is 6.08. The minimum atomic E-state index is -0.605. The molecule has 1 amide bonds. The largest absolute Gasteiger partial charge is 0.493 e. The molecule has 6 heteroatoms. The summed E-state index contributed by atoms with van der Waals surface area (Å²) in [6.07, 6.45) is 3.76. The second-order valence-electron chi connectivity index (χ2n) is 6.51. The molecule has 0 unspecified atom stereocenters. The van der Waals surface area contributed by atoms with Crippen LogP contribution in [0.2, 0.25) is 0 Å². The first-order chi connectivity index (χ1) is 13.9. The number of carbonyl (C=O) groups excluding carboxylic acids is 2. The highest BCUT2D eigenvalue weighted by atomic mass is 16.5. The number of rotatable bonds is 9. The standard InChI is InChI=1S/C23H27NO5/c1-5-13-28-19-11-9-18(14-20(19)27-4)10-12-22(26)29-15-21(25)24-23-16(2)7-6-8-17(23)3/h6-12,14H,5,13,15H2,1-4H3,(H,24,25)/b12-10+. The molecule has 0 fully saturated rings. The van der Waals surface area contributed by atoms with Gasteiger partial charge in [0.1, 0.15) is 0 Å². The third kappa shape index (κ3) is 6.68. The van der Waals surface area contributed by atoms with E-state index in [1.165, 1.54) is 6.08 Å². The first kappa shape index (κ1) is 22.0. The SMILES string of the molecule is CCCOc1ccc(/C=C/C(=O)OCC(=O)Nc2c(C)cccc2C)cc1OC. The molecule has 0 atom stereocenters. The summed E-state index contributed by atoms with van der Waals surface area (Å²) in [7, 11) is 1.56.